The van der Waals surface area contributed by atoms with Crippen LogP contribution in [0.1, 0.15) is 11.1 Å². The summed E-state index contributed by atoms with van der Waals surface area (Å²) >= 11 is 1.70. The predicted octanol–water partition coefficient (Wildman–Crippen LogP) is 2.93. The molecular formula is C18H20N2O2S. The molecule has 1 aromatic carbocycles. The van der Waals surface area contributed by atoms with Gasteiger partial charge in [-0.05, 0) is 23.8 Å². The second-order valence-corrected chi connectivity index (χ2v) is 5.88. The third kappa shape index (κ3) is 5.85. The molecule has 0 bridgehead atoms. The number of nitrogens with one attached hydrogen (secondary N) is 1. The van der Waals surface area contributed by atoms with E-state index >= 15 is 0 Å². The molecule has 2 aromatic rings. The lowest BCUT2D eigenvalue weighted by atomic mass is 10.2. The van der Waals surface area contributed by atoms with E-state index in [2.05, 4.69) is 16.2 Å². The second kappa shape index (κ2) is 9.78. The van der Waals surface area contributed by atoms with Gasteiger partial charge in [-0.1, -0.05) is 24.1 Å². The number of anilines is 1. The fraction of sp³-hybridized carbons (Fsp3) is 0.278. The first-order chi connectivity index (χ1) is 11.3. The van der Waals surface area contributed by atoms with Gasteiger partial charge in [0.1, 0.15) is 18.2 Å². The molecule has 1 heterocycles. The van der Waals surface area contributed by atoms with Gasteiger partial charge in [0.25, 0.3) is 0 Å². The second-order valence-electron chi connectivity index (χ2n) is 4.78. The minimum atomic E-state index is 0.204. The summed E-state index contributed by atoms with van der Waals surface area (Å²) in [6.45, 7) is 1.07. The molecule has 0 spiro atoms. The van der Waals surface area contributed by atoms with Crippen molar-refractivity contribution in [2.75, 3.05) is 24.3 Å². The maximum absolute atomic E-state index is 8.83. The van der Waals surface area contributed by atoms with Crippen LogP contribution < -0.4 is 10.1 Å². The zero-order valence-corrected chi connectivity index (χ0v) is 13.7. The number of aliphatic hydroxyl groups excluding tert-OH is 1. The summed E-state index contributed by atoms with van der Waals surface area (Å²) in [6, 6.07) is 11.8. The minimum Gasteiger partial charge on any atom is -0.481 e. The van der Waals surface area contributed by atoms with Gasteiger partial charge in [0.2, 0.25) is 0 Å². The van der Waals surface area contributed by atoms with Crippen molar-refractivity contribution >= 4 is 17.6 Å². The number of aromatic nitrogens is 1. The Kier molecular flexibility index (Phi) is 7.31. The van der Waals surface area contributed by atoms with E-state index < -0.39 is 0 Å². The summed E-state index contributed by atoms with van der Waals surface area (Å²) in [5, 5.41) is 12.1. The molecule has 2 rings (SSSR count). The number of thioether (sulfide) groups is 1. The first-order valence-corrected chi connectivity index (χ1v) is 8.50. The van der Waals surface area contributed by atoms with Crippen molar-refractivity contribution in [2.24, 2.45) is 0 Å². The van der Waals surface area contributed by atoms with Crippen LogP contribution in [0.3, 0.4) is 0 Å². The smallest absolute Gasteiger partial charge is 0.148 e. The molecule has 5 heteroatoms. The SMILES string of the molecule is C#CCOc1ccccc1CNc1cc(CSCCO)ccn1. The lowest BCUT2D eigenvalue weighted by Gasteiger charge is -2.11. The topological polar surface area (TPSA) is 54.4 Å². The van der Waals surface area contributed by atoms with Gasteiger partial charge in [-0.15, -0.1) is 6.42 Å². The summed E-state index contributed by atoms with van der Waals surface area (Å²) in [6.07, 6.45) is 7.03. The molecule has 120 valence electrons. The number of benzene rings is 1. The van der Waals surface area contributed by atoms with Crippen molar-refractivity contribution in [3.05, 3.63) is 53.7 Å². The Balaban J connectivity index is 1.95. The summed E-state index contributed by atoms with van der Waals surface area (Å²) in [4.78, 5) is 4.33. The Labute approximate surface area is 141 Å². The van der Waals surface area contributed by atoms with Gasteiger partial charge < -0.3 is 15.2 Å². The van der Waals surface area contributed by atoms with Gasteiger partial charge in [0.15, 0.2) is 0 Å². The highest BCUT2D eigenvalue weighted by atomic mass is 32.2. The van der Waals surface area contributed by atoms with Gasteiger partial charge in [-0.2, -0.15) is 11.8 Å². The van der Waals surface area contributed by atoms with Gasteiger partial charge in [0, 0.05) is 29.8 Å². The number of pyridine rings is 1. The van der Waals surface area contributed by atoms with Crippen LogP contribution in [0.15, 0.2) is 42.6 Å². The average Bonchev–Trinajstić information content (AvgIpc) is 2.59. The molecule has 4 nitrogen and oxygen atoms in total. The molecule has 0 unspecified atom stereocenters. The van der Waals surface area contributed by atoms with E-state index in [1.165, 1.54) is 5.56 Å². The monoisotopic (exact) mass is 328 g/mol. The number of nitrogens with zero attached hydrogens (tertiary/aromatic N) is 1. The highest BCUT2D eigenvalue weighted by molar-refractivity contribution is 7.98. The third-order valence-electron chi connectivity index (χ3n) is 3.07. The van der Waals surface area contributed by atoms with Gasteiger partial charge in [-0.25, -0.2) is 4.98 Å². The number of terminal acetylenes is 1. The largest absolute Gasteiger partial charge is 0.481 e. The summed E-state index contributed by atoms with van der Waals surface area (Å²) in [7, 11) is 0. The highest BCUT2D eigenvalue weighted by Crippen LogP contribution is 2.20. The number of ether oxygens (including phenoxy) is 1. The zero-order valence-electron chi connectivity index (χ0n) is 12.9. The quantitative estimate of drug-likeness (QED) is 0.547. The van der Waals surface area contributed by atoms with Crippen LogP contribution in [0.25, 0.3) is 0 Å². The highest BCUT2D eigenvalue weighted by Gasteiger charge is 2.03. The van der Waals surface area contributed by atoms with Crippen molar-refractivity contribution in [3.8, 4) is 18.1 Å². The normalized spacial score (nSPS) is 10.1. The maximum Gasteiger partial charge on any atom is 0.148 e. The molecule has 0 radical (unpaired) electrons. The van der Waals surface area contributed by atoms with E-state index in [9.17, 15) is 0 Å². The van der Waals surface area contributed by atoms with Crippen LogP contribution in [0, 0.1) is 12.3 Å². The molecule has 2 N–H and O–H groups in total. The predicted molar refractivity (Wildman–Crippen MR) is 95.6 cm³/mol. The Bertz CT molecular complexity index is 655. The first-order valence-electron chi connectivity index (χ1n) is 7.35. The van der Waals surface area contributed by atoms with E-state index in [-0.39, 0.29) is 13.2 Å². The Morgan fingerprint density at radius 1 is 1.30 bits per heavy atom. The molecule has 0 aliphatic heterocycles. The molecule has 0 saturated carbocycles. The summed E-state index contributed by atoms with van der Waals surface area (Å²) in [5.41, 5.74) is 2.21. The standard InChI is InChI=1S/C18H20N2O2S/c1-2-10-22-17-6-4-3-5-16(17)13-20-18-12-15(7-8-19-18)14-23-11-9-21/h1,3-8,12,21H,9-11,13-14H2,(H,19,20). The Morgan fingerprint density at radius 3 is 3.00 bits per heavy atom. The van der Waals surface area contributed by atoms with E-state index in [1.54, 1.807) is 18.0 Å². The van der Waals surface area contributed by atoms with Crippen LogP contribution in [-0.2, 0) is 12.3 Å². The number of aliphatic hydroxyl groups is 1. The van der Waals surface area contributed by atoms with Crippen molar-refractivity contribution in [1.29, 1.82) is 0 Å². The number of para-hydroxylation sites is 1. The molecule has 1 aromatic heterocycles. The molecule has 0 amide bonds. The van der Waals surface area contributed by atoms with Crippen molar-refractivity contribution in [1.82, 2.24) is 4.98 Å². The van der Waals surface area contributed by atoms with Crippen LogP contribution in [0.4, 0.5) is 5.82 Å². The Morgan fingerprint density at radius 2 is 2.17 bits per heavy atom. The molecule has 0 saturated heterocycles. The van der Waals surface area contributed by atoms with Gasteiger partial charge in [-0.3, -0.25) is 0 Å². The van der Waals surface area contributed by atoms with Crippen molar-refractivity contribution in [3.63, 3.8) is 0 Å². The third-order valence-corrected chi connectivity index (χ3v) is 4.08. The van der Waals surface area contributed by atoms with Crippen molar-refractivity contribution < 1.29 is 9.84 Å². The van der Waals surface area contributed by atoms with Gasteiger partial charge >= 0.3 is 0 Å². The lowest BCUT2D eigenvalue weighted by Crippen LogP contribution is -2.05. The van der Waals surface area contributed by atoms with Crippen LogP contribution >= 0.6 is 11.8 Å². The number of hydrogen-bond acceptors (Lipinski definition) is 5. The van der Waals surface area contributed by atoms with E-state index in [4.69, 9.17) is 16.3 Å². The molecule has 0 atom stereocenters. The maximum atomic E-state index is 8.83. The molecule has 23 heavy (non-hydrogen) atoms. The van der Waals surface area contributed by atoms with Crippen molar-refractivity contribution in [2.45, 2.75) is 12.3 Å². The summed E-state index contributed by atoms with van der Waals surface area (Å²) in [5.74, 6) is 5.68. The van der Waals surface area contributed by atoms with E-state index in [0.717, 1.165) is 28.6 Å². The molecule has 0 aliphatic rings. The van der Waals surface area contributed by atoms with Crippen LogP contribution in [-0.4, -0.2) is 29.1 Å². The van der Waals surface area contributed by atoms with Gasteiger partial charge in [0.05, 0.1) is 6.61 Å². The first kappa shape index (κ1) is 17.2. The fourth-order valence-electron chi connectivity index (χ4n) is 2.01. The Hall–Kier alpha value is -2.16. The number of hydrogen-bond donors (Lipinski definition) is 2. The average molecular weight is 328 g/mol. The zero-order chi connectivity index (χ0) is 16.3. The molecule has 0 aliphatic carbocycles. The van der Waals surface area contributed by atoms with Crippen LogP contribution in [0.2, 0.25) is 0 Å². The molecule has 0 fully saturated rings. The summed E-state index contributed by atoms with van der Waals surface area (Å²) < 4.78 is 5.54. The number of rotatable bonds is 9. The minimum absolute atomic E-state index is 0.204. The van der Waals surface area contributed by atoms with E-state index in [1.807, 2.05) is 36.4 Å². The van der Waals surface area contributed by atoms with E-state index in [0.29, 0.717) is 6.54 Å². The van der Waals surface area contributed by atoms with Crippen LogP contribution in [0.5, 0.6) is 5.75 Å². The molecular weight excluding hydrogens is 308 g/mol. The lowest BCUT2D eigenvalue weighted by molar-refractivity contribution is 0.322. The fourth-order valence-corrected chi connectivity index (χ4v) is 2.70.